The van der Waals surface area contributed by atoms with E-state index in [4.69, 9.17) is 20.9 Å². The minimum atomic E-state index is -0.369. The fourth-order valence-corrected chi connectivity index (χ4v) is 4.16. The molecule has 0 unspecified atom stereocenters. The smallest absolute Gasteiger partial charge is 0.273 e. The van der Waals surface area contributed by atoms with E-state index in [9.17, 15) is 9.59 Å². The van der Waals surface area contributed by atoms with Gasteiger partial charge in [-0.25, -0.2) is 4.98 Å². The summed E-state index contributed by atoms with van der Waals surface area (Å²) in [7, 11) is 1.60. The standard InChI is InChI=1S/C25H21ClN4O4/c1-33-18-8-2-15(3-9-18)12-22-27-20(13-23(31)28-22)25(32)30-11-10-19-21(14-30)29-34-24(19)16-4-6-17(26)7-5-16/h2-9,13H,10-12,14H2,1H3,(H,27,28,31). The molecule has 0 atom stereocenters. The second-order valence-electron chi connectivity index (χ2n) is 8.02. The zero-order chi connectivity index (χ0) is 23.7. The number of nitrogens with zero attached hydrogens (tertiary/aromatic N) is 3. The second-order valence-corrected chi connectivity index (χ2v) is 8.46. The number of benzene rings is 2. The lowest BCUT2D eigenvalue weighted by atomic mass is 10.0. The Balaban J connectivity index is 1.34. The van der Waals surface area contributed by atoms with Crippen LogP contribution in [0.1, 0.15) is 33.1 Å². The summed E-state index contributed by atoms with van der Waals surface area (Å²) in [5, 5.41) is 4.83. The summed E-state index contributed by atoms with van der Waals surface area (Å²) < 4.78 is 10.8. The molecule has 2 aromatic heterocycles. The third kappa shape index (κ3) is 4.45. The molecule has 1 aliphatic rings. The molecule has 2 aromatic carbocycles. The maximum Gasteiger partial charge on any atom is 0.273 e. The number of fused-ring (bicyclic) bond motifs is 1. The zero-order valence-electron chi connectivity index (χ0n) is 18.4. The van der Waals surface area contributed by atoms with Crippen molar-refractivity contribution in [3.63, 3.8) is 0 Å². The number of amides is 1. The molecule has 0 radical (unpaired) electrons. The van der Waals surface area contributed by atoms with E-state index in [1.54, 1.807) is 24.1 Å². The first kappa shape index (κ1) is 21.9. The van der Waals surface area contributed by atoms with Crippen LogP contribution in [-0.4, -0.2) is 39.6 Å². The monoisotopic (exact) mass is 476 g/mol. The molecule has 34 heavy (non-hydrogen) atoms. The maximum absolute atomic E-state index is 13.2. The Labute approximate surface area is 200 Å². The summed E-state index contributed by atoms with van der Waals surface area (Å²) in [6.45, 7) is 0.753. The highest BCUT2D eigenvalue weighted by Gasteiger charge is 2.28. The number of carbonyl (C=O) groups excluding carboxylic acids is 1. The predicted octanol–water partition coefficient (Wildman–Crippen LogP) is 3.88. The molecule has 0 aliphatic carbocycles. The Morgan fingerprint density at radius 3 is 2.68 bits per heavy atom. The Hall–Kier alpha value is -3.91. The SMILES string of the molecule is COc1ccc(Cc2nc(C(=O)N3CCc4c(noc4-c4ccc(Cl)cc4)C3)cc(=O)[nH]2)cc1. The van der Waals surface area contributed by atoms with E-state index in [0.29, 0.717) is 41.7 Å². The van der Waals surface area contributed by atoms with Crippen LogP contribution >= 0.6 is 11.6 Å². The normalized spacial score (nSPS) is 12.9. The fourth-order valence-electron chi connectivity index (χ4n) is 4.03. The van der Waals surface area contributed by atoms with E-state index in [1.807, 2.05) is 36.4 Å². The zero-order valence-corrected chi connectivity index (χ0v) is 19.1. The van der Waals surface area contributed by atoms with Gasteiger partial charge in [-0.15, -0.1) is 0 Å². The molecule has 3 heterocycles. The van der Waals surface area contributed by atoms with Crippen LogP contribution in [0.25, 0.3) is 11.3 Å². The van der Waals surface area contributed by atoms with Crippen LogP contribution in [0.3, 0.4) is 0 Å². The number of halogens is 1. The fraction of sp³-hybridized carbons (Fsp3) is 0.200. The molecular formula is C25H21ClN4O4. The molecule has 0 bridgehead atoms. The van der Waals surface area contributed by atoms with E-state index in [2.05, 4.69) is 15.1 Å². The van der Waals surface area contributed by atoms with Gasteiger partial charge in [-0.1, -0.05) is 28.9 Å². The molecule has 0 fully saturated rings. The van der Waals surface area contributed by atoms with Crippen molar-refractivity contribution < 1.29 is 14.1 Å². The van der Waals surface area contributed by atoms with Crippen LogP contribution in [0.2, 0.25) is 5.02 Å². The van der Waals surface area contributed by atoms with Gasteiger partial charge in [0.25, 0.3) is 11.5 Å². The molecule has 1 amide bonds. The largest absolute Gasteiger partial charge is 0.497 e. The summed E-state index contributed by atoms with van der Waals surface area (Å²) >= 11 is 5.98. The van der Waals surface area contributed by atoms with Crippen molar-refractivity contribution in [2.75, 3.05) is 13.7 Å². The van der Waals surface area contributed by atoms with Crippen LogP contribution in [0.4, 0.5) is 0 Å². The number of hydrogen-bond donors (Lipinski definition) is 1. The molecule has 1 aliphatic heterocycles. The van der Waals surface area contributed by atoms with Crippen molar-refractivity contribution in [3.05, 3.63) is 98.3 Å². The van der Waals surface area contributed by atoms with Crippen LogP contribution in [0, 0.1) is 0 Å². The first-order valence-electron chi connectivity index (χ1n) is 10.8. The summed E-state index contributed by atoms with van der Waals surface area (Å²) in [6.07, 6.45) is 0.975. The first-order chi connectivity index (χ1) is 16.5. The molecule has 5 rings (SSSR count). The van der Waals surface area contributed by atoms with Crippen molar-refractivity contribution >= 4 is 17.5 Å². The predicted molar refractivity (Wildman–Crippen MR) is 126 cm³/mol. The van der Waals surface area contributed by atoms with Gasteiger partial charge in [0.1, 0.15) is 23.0 Å². The molecule has 172 valence electrons. The van der Waals surface area contributed by atoms with E-state index < -0.39 is 0 Å². The minimum Gasteiger partial charge on any atom is -0.497 e. The van der Waals surface area contributed by atoms with Gasteiger partial charge in [-0.2, -0.15) is 0 Å². The van der Waals surface area contributed by atoms with Gasteiger partial charge in [-0.3, -0.25) is 9.59 Å². The molecule has 0 spiro atoms. The van der Waals surface area contributed by atoms with Crippen molar-refractivity contribution in [2.24, 2.45) is 0 Å². The van der Waals surface area contributed by atoms with E-state index in [-0.39, 0.29) is 23.7 Å². The quantitative estimate of drug-likeness (QED) is 0.469. The van der Waals surface area contributed by atoms with Gasteiger partial charge in [0, 0.05) is 35.2 Å². The summed E-state index contributed by atoms with van der Waals surface area (Å²) in [5.74, 6) is 1.54. The number of aromatic nitrogens is 3. The Morgan fingerprint density at radius 1 is 1.18 bits per heavy atom. The van der Waals surface area contributed by atoms with Gasteiger partial charge in [0.2, 0.25) is 0 Å². The topological polar surface area (TPSA) is 101 Å². The lowest BCUT2D eigenvalue weighted by Gasteiger charge is -2.25. The van der Waals surface area contributed by atoms with Crippen molar-refractivity contribution in [1.82, 2.24) is 20.0 Å². The van der Waals surface area contributed by atoms with Gasteiger partial charge >= 0.3 is 0 Å². The van der Waals surface area contributed by atoms with Gasteiger partial charge < -0.3 is 19.1 Å². The van der Waals surface area contributed by atoms with E-state index >= 15 is 0 Å². The first-order valence-corrected chi connectivity index (χ1v) is 11.1. The number of ether oxygens (including phenoxy) is 1. The lowest BCUT2D eigenvalue weighted by Crippen LogP contribution is -2.37. The van der Waals surface area contributed by atoms with Gasteiger partial charge in [0.15, 0.2) is 5.76 Å². The Bertz CT molecular complexity index is 1390. The highest BCUT2D eigenvalue weighted by atomic mass is 35.5. The summed E-state index contributed by atoms with van der Waals surface area (Å²) in [6, 6.07) is 16.0. The van der Waals surface area contributed by atoms with Crippen LogP contribution < -0.4 is 10.3 Å². The number of aromatic amines is 1. The molecule has 1 N–H and O–H groups in total. The number of hydrogen-bond acceptors (Lipinski definition) is 6. The second kappa shape index (κ2) is 9.15. The van der Waals surface area contributed by atoms with E-state index in [1.165, 1.54) is 6.07 Å². The van der Waals surface area contributed by atoms with Crippen LogP contribution in [-0.2, 0) is 19.4 Å². The molecular weight excluding hydrogens is 456 g/mol. The highest BCUT2D eigenvalue weighted by molar-refractivity contribution is 6.30. The van der Waals surface area contributed by atoms with Crippen molar-refractivity contribution in [1.29, 1.82) is 0 Å². The third-order valence-electron chi connectivity index (χ3n) is 5.78. The minimum absolute atomic E-state index is 0.108. The number of rotatable bonds is 5. The summed E-state index contributed by atoms with van der Waals surface area (Å²) in [4.78, 5) is 34.2. The van der Waals surface area contributed by atoms with Gasteiger partial charge in [0.05, 0.1) is 13.7 Å². The average Bonchev–Trinajstić information content (AvgIpc) is 3.27. The third-order valence-corrected chi connectivity index (χ3v) is 6.03. The van der Waals surface area contributed by atoms with Gasteiger partial charge in [-0.05, 0) is 48.4 Å². The molecule has 0 saturated carbocycles. The molecule has 9 heteroatoms. The average molecular weight is 477 g/mol. The molecule has 4 aromatic rings. The van der Waals surface area contributed by atoms with Crippen LogP contribution in [0.15, 0.2) is 63.9 Å². The van der Waals surface area contributed by atoms with Crippen LogP contribution in [0.5, 0.6) is 5.75 Å². The summed E-state index contributed by atoms with van der Waals surface area (Å²) in [5.41, 5.74) is 3.24. The number of carbonyl (C=O) groups is 1. The molecule has 8 nitrogen and oxygen atoms in total. The maximum atomic E-state index is 13.2. The highest BCUT2D eigenvalue weighted by Crippen LogP contribution is 2.31. The molecule has 0 saturated heterocycles. The van der Waals surface area contributed by atoms with Crippen molar-refractivity contribution in [3.8, 4) is 17.1 Å². The Morgan fingerprint density at radius 2 is 1.94 bits per heavy atom. The lowest BCUT2D eigenvalue weighted by molar-refractivity contribution is 0.0725. The van der Waals surface area contributed by atoms with E-state index in [0.717, 1.165) is 22.4 Å². The number of nitrogens with one attached hydrogen (secondary N) is 1. The number of H-pyrrole nitrogens is 1. The number of methoxy groups -OCH3 is 1. The van der Waals surface area contributed by atoms with Crippen molar-refractivity contribution in [2.45, 2.75) is 19.4 Å². The Kier molecular flexibility index (Phi) is 5.90.